The first kappa shape index (κ1) is 13.2. The van der Waals surface area contributed by atoms with Crippen LogP contribution in [0.15, 0.2) is 18.5 Å². The molecule has 0 N–H and O–H groups in total. The molecule has 0 saturated carbocycles. The molecule has 0 aliphatic carbocycles. The molecule has 4 nitrogen and oxygen atoms in total. The number of ether oxygens (including phenoxy) is 3. The van der Waals surface area contributed by atoms with E-state index in [0.717, 1.165) is 11.3 Å². The number of halogens is 1. The summed E-state index contributed by atoms with van der Waals surface area (Å²) in [4.78, 5) is 3.97. The Morgan fingerprint density at radius 1 is 1.25 bits per heavy atom. The lowest BCUT2D eigenvalue weighted by molar-refractivity contribution is 0.0543. The second-order valence-electron chi connectivity index (χ2n) is 3.07. The fourth-order valence-corrected chi connectivity index (χ4v) is 1.31. The van der Waals surface area contributed by atoms with Gasteiger partial charge >= 0.3 is 0 Å². The van der Waals surface area contributed by atoms with Crippen molar-refractivity contribution in [1.29, 1.82) is 0 Å². The van der Waals surface area contributed by atoms with E-state index in [2.05, 4.69) is 4.98 Å². The van der Waals surface area contributed by atoms with Crippen molar-refractivity contribution < 1.29 is 14.2 Å². The molecule has 0 saturated heterocycles. The second kappa shape index (κ2) is 8.33. The number of nitrogens with zero attached hydrogens (tertiary/aromatic N) is 1. The van der Waals surface area contributed by atoms with Crippen LogP contribution in [0.4, 0.5) is 0 Å². The van der Waals surface area contributed by atoms with Gasteiger partial charge in [-0.05, 0) is 6.07 Å². The summed E-state index contributed by atoms with van der Waals surface area (Å²) in [5.41, 5.74) is 0.890. The van der Waals surface area contributed by atoms with Crippen molar-refractivity contribution in [2.45, 2.75) is 5.88 Å². The van der Waals surface area contributed by atoms with E-state index in [1.54, 1.807) is 25.6 Å². The van der Waals surface area contributed by atoms with Crippen LogP contribution in [0.25, 0.3) is 0 Å². The Labute approximate surface area is 100 Å². The molecule has 16 heavy (non-hydrogen) atoms. The third-order valence-corrected chi connectivity index (χ3v) is 2.21. The van der Waals surface area contributed by atoms with Crippen molar-refractivity contribution in [2.24, 2.45) is 0 Å². The predicted molar refractivity (Wildman–Crippen MR) is 62.0 cm³/mol. The van der Waals surface area contributed by atoms with Gasteiger partial charge in [0.1, 0.15) is 12.4 Å². The summed E-state index contributed by atoms with van der Waals surface area (Å²) in [6.07, 6.45) is 3.38. The van der Waals surface area contributed by atoms with Gasteiger partial charge in [-0.2, -0.15) is 0 Å². The molecule has 0 spiro atoms. The molecule has 0 aromatic carbocycles. The molecule has 0 fully saturated rings. The molecule has 0 aliphatic heterocycles. The zero-order valence-electron chi connectivity index (χ0n) is 9.32. The van der Waals surface area contributed by atoms with Crippen molar-refractivity contribution in [3.05, 3.63) is 24.0 Å². The zero-order chi connectivity index (χ0) is 11.6. The van der Waals surface area contributed by atoms with Crippen molar-refractivity contribution >= 4 is 11.6 Å². The maximum atomic E-state index is 5.75. The summed E-state index contributed by atoms with van der Waals surface area (Å²) in [6.45, 7) is 2.21. The quantitative estimate of drug-likeness (QED) is 0.518. The third-order valence-electron chi connectivity index (χ3n) is 1.92. The van der Waals surface area contributed by atoms with Crippen molar-refractivity contribution in [3.63, 3.8) is 0 Å². The van der Waals surface area contributed by atoms with E-state index in [1.807, 2.05) is 0 Å². The maximum absolute atomic E-state index is 5.75. The van der Waals surface area contributed by atoms with Gasteiger partial charge in [-0.3, -0.25) is 4.98 Å². The molecular weight excluding hydrogens is 230 g/mol. The molecule has 1 heterocycles. The summed E-state index contributed by atoms with van der Waals surface area (Å²) in [7, 11) is 1.64. The minimum absolute atomic E-state index is 0.397. The smallest absolute Gasteiger partial charge is 0.126 e. The van der Waals surface area contributed by atoms with Gasteiger partial charge < -0.3 is 14.2 Å². The molecule has 0 atom stereocenters. The van der Waals surface area contributed by atoms with Gasteiger partial charge in [-0.25, -0.2) is 0 Å². The van der Waals surface area contributed by atoms with Crippen LogP contribution in [-0.4, -0.2) is 38.5 Å². The predicted octanol–water partition coefficient (Wildman–Crippen LogP) is 1.86. The number of methoxy groups -OCH3 is 1. The Morgan fingerprint density at radius 3 is 2.81 bits per heavy atom. The lowest BCUT2D eigenvalue weighted by Crippen LogP contribution is -2.10. The molecule has 90 valence electrons. The number of alkyl halides is 1. The van der Waals surface area contributed by atoms with E-state index in [0.29, 0.717) is 32.3 Å². The third kappa shape index (κ3) is 4.79. The zero-order valence-corrected chi connectivity index (χ0v) is 10.1. The monoisotopic (exact) mass is 245 g/mol. The lowest BCUT2D eigenvalue weighted by Gasteiger charge is -2.09. The summed E-state index contributed by atoms with van der Waals surface area (Å²) < 4.78 is 15.6. The average Bonchev–Trinajstić information content (AvgIpc) is 2.34. The Kier molecular flexibility index (Phi) is 6.88. The van der Waals surface area contributed by atoms with Gasteiger partial charge in [0.15, 0.2) is 0 Å². The standard InChI is InChI=1S/C11H16ClNO3/c1-14-4-5-15-6-7-16-11-2-3-13-9-10(11)8-12/h2-3,9H,4-8H2,1H3. The summed E-state index contributed by atoms with van der Waals surface area (Å²) in [5, 5.41) is 0. The van der Waals surface area contributed by atoms with E-state index in [9.17, 15) is 0 Å². The highest BCUT2D eigenvalue weighted by Crippen LogP contribution is 2.18. The molecule has 0 unspecified atom stereocenters. The van der Waals surface area contributed by atoms with Gasteiger partial charge in [-0.1, -0.05) is 0 Å². The SMILES string of the molecule is COCCOCCOc1ccncc1CCl. The van der Waals surface area contributed by atoms with E-state index in [1.165, 1.54) is 0 Å². The van der Waals surface area contributed by atoms with Gasteiger partial charge in [0, 0.05) is 25.1 Å². The van der Waals surface area contributed by atoms with Crippen LogP contribution in [0.3, 0.4) is 0 Å². The topological polar surface area (TPSA) is 40.6 Å². The number of hydrogen-bond acceptors (Lipinski definition) is 4. The second-order valence-corrected chi connectivity index (χ2v) is 3.34. The van der Waals surface area contributed by atoms with Crippen molar-refractivity contribution in [2.75, 3.05) is 33.5 Å². The molecule has 1 aromatic heterocycles. The number of rotatable bonds is 8. The van der Waals surface area contributed by atoms with Crippen LogP contribution < -0.4 is 4.74 Å². The Morgan fingerprint density at radius 2 is 2.06 bits per heavy atom. The normalized spacial score (nSPS) is 10.4. The molecule has 1 rings (SSSR count). The van der Waals surface area contributed by atoms with Crippen LogP contribution in [0, 0.1) is 0 Å². The summed E-state index contributed by atoms with van der Waals surface area (Å²) in [6, 6.07) is 1.80. The average molecular weight is 246 g/mol. The van der Waals surface area contributed by atoms with E-state index < -0.39 is 0 Å². The van der Waals surface area contributed by atoms with Gasteiger partial charge in [-0.15, -0.1) is 11.6 Å². The van der Waals surface area contributed by atoms with Gasteiger partial charge in [0.05, 0.1) is 25.7 Å². The van der Waals surface area contributed by atoms with E-state index in [-0.39, 0.29) is 0 Å². The minimum atomic E-state index is 0.397. The van der Waals surface area contributed by atoms with Crippen LogP contribution in [0.2, 0.25) is 0 Å². The summed E-state index contributed by atoms with van der Waals surface area (Å²) >= 11 is 5.75. The molecule has 5 heteroatoms. The molecule has 1 aromatic rings. The number of aromatic nitrogens is 1. The fraction of sp³-hybridized carbons (Fsp3) is 0.545. The lowest BCUT2D eigenvalue weighted by atomic mass is 10.3. The van der Waals surface area contributed by atoms with Crippen LogP contribution >= 0.6 is 11.6 Å². The summed E-state index contributed by atoms with van der Waals surface area (Å²) in [5.74, 6) is 1.16. The molecular formula is C11H16ClNO3. The Hall–Kier alpha value is -0.840. The van der Waals surface area contributed by atoms with Gasteiger partial charge in [0.2, 0.25) is 0 Å². The highest BCUT2D eigenvalue weighted by atomic mass is 35.5. The minimum Gasteiger partial charge on any atom is -0.491 e. The molecule has 0 amide bonds. The first-order valence-corrected chi connectivity index (χ1v) is 5.60. The molecule has 0 bridgehead atoms. The molecule has 0 aliphatic rings. The first-order chi connectivity index (χ1) is 7.88. The van der Waals surface area contributed by atoms with Crippen molar-refractivity contribution in [1.82, 2.24) is 4.98 Å². The fourth-order valence-electron chi connectivity index (χ4n) is 1.11. The Balaban J connectivity index is 2.21. The first-order valence-electron chi connectivity index (χ1n) is 5.06. The van der Waals surface area contributed by atoms with Crippen LogP contribution in [-0.2, 0) is 15.4 Å². The molecule has 0 radical (unpaired) electrons. The Bertz CT molecular complexity index is 296. The van der Waals surface area contributed by atoms with Crippen LogP contribution in [0.5, 0.6) is 5.75 Å². The number of hydrogen-bond donors (Lipinski definition) is 0. The largest absolute Gasteiger partial charge is 0.491 e. The van der Waals surface area contributed by atoms with Crippen LogP contribution in [0.1, 0.15) is 5.56 Å². The van der Waals surface area contributed by atoms with Gasteiger partial charge in [0.25, 0.3) is 0 Å². The van der Waals surface area contributed by atoms with Crippen molar-refractivity contribution in [3.8, 4) is 5.75 Å². The number of pyridine rings is 1. The maximum Gasteiger partial charge on any atom is 0.126 e. The highest BCUT2D eigenvalue weighted by Gasteiger charge is 2.01. The van der Waals surface area contributed by atoms with E-state index >= 15 is 0 Å². The highest BCUT2D eigenvalue weighted by molar-refractivity contribution is 6.17. The van der Waals surface area contributed by atoms with E-state index in [4.69, 9.17) is 25.8 Å².